The SMILES string of the molecule is C=C/C=C\C=C/CN(/C1=C/C2=C(C=CCC2)C/C=C\C=C/C1)c1ccc(-c2cccc(C3=CCCC=C3)c2)c(C2=CC=CCCC2)c1. The van der Waals surface area contributed by atoms with Gasteiger partial charge in [0.2, 0.25) is 0 Å². The molecule has 0 amide bonds. The zero-order valence-electron chi connectivity index (χ0n) is 27.7. The van der Waals surface area contributed by atoms with Gasteiger partial charge in [0.15, 0.2) is 0 Å². The Morgan fingerprint density at radius 1 is 0.702 bits per heavy atom. The number of allylic oxidation sites excluding steroid dienone is 21. The van der Waals surface area contributed by atoms with Crippen molar-refractivity contribution in [2.75, 3.05) is 11.4 Å². The monoisotopic (exact) mass is 613 g/mol. The molecule has 0 fully saturated rings. The molecule has 47 heavy (non-hydrogen) atoms. The molecule has 1 heteroatoms. The fourth-order valence-electron chi connectivity index (χ4n) is 6.77. The van der Waals surface area contributed by atoms with Crippen LogP contribution in [-0.2, 0) is 0 Å². The van der Waals surface area contributed by atoms with Crippen molar-refractivity contribution in [2.45, 2.75) is 57.8 Å². The predicted octanol–water partition coefficient (Wildman–Crippen LogP) is 12.8. The molecule has 0 heterocycles. The Balaban J connectivity index is 1.47. The summed E-state index contributed by atoms with van der Waals surface area (Å²) in [5.41, 5.74) is 13.4. The third-order valence-electron chi connectivity index (χ3n) is 9.24. The van der Waals surface area contributed by atoms with Crippen LogP contribution in [0.3, 0.4) is 0 Å². The van der Waals surface area contributed by atoms with Crippen LogP contribution in [0.2, 0.25) is 0 Å². The third kappa shape index (κ3) is 8.48. The number of hydrogen-bond acceptors (Lipinski definition) is 1. The first-order valence-electron chi connectivity index (χ1n) is 17.4. The van der Waals surface area contributed by atoms with E-state index in [0.717, 1.165) is 57.9 Å². The zero-order valence-corrected chi connectivity index (χ0v) is 27.7. The second-order valence-corrected chi connectivity index (χ2v) is 12.5. The maximum atomic E-state index is 3.83. The molecule has 236 valence electrons. The standard InChI is InChI=1S/C46H47N/c1-2-3-4-9-19-33-47(43-30-16-8-7-11-21-38-24-17-18-27-41(38)35-43)44-31-32-45(46(36-44)39-25-12-5-6-13-26-39)42-29-20-28-40(34-42)37-22-14-10-15-23-37/h2-5,7-9,11-12,14,16-17,19-20,22-25,28-29,31-32,34-36H,1,6,10,13,15,18,21,26-27,30,33H2/b4-3-,11-7-,16-8-,19-9-,43-35+. The average molecular weight is 614 g/mol. The summed E-state index contributed by atoms with van der Waals surface area (Å²) < 4.78 is 0. The minimum absolute atomic E-state index is 0.781. The number of nitrogens with zero attached hydrogens (tertiary/aromatic N) is 1. The number of rotatable bonds is 9. The molecule has 0 unspecified atom stereocenters. The van der Waals surface area contributed by atoms with Gasteiger partial charge in [-0.05, 0) is 120 Å². The molecule has 2 aromatic rings. The lowest BCUT2D eigenvalue weighted by atomic mass is 9.89. The van der Waals surface area contributed by atoms with Crippen LogP contribution < -0.4 is 4.90 Å². The van der Waals surface area contributed by atoms with Crippen molar-refractivity contribution in [3.05, 3.63) is 186 Å². The van der Waals surface area contributed by atoms with Gasteiger partial charge < -0.3 is 4.90 Å². The summed E-state index contributed by atoms with van der Waals surface area (Å²) in [7, 11) is 0. The molecular weight excluding hydrogens is 567 g/mol. The lowest BCUT2D eigenvalue weighted by Crippen LogP contribution is -2.23. The smallest absolute Gasteiger partial charge is 0.0417 e. The van der Waals surface area contributed by atoms with Gasteiger partial charge in [0, 0.05) is 24.4 Å². The molecule has 0 saturated heterocycles. The van der Waals surface area contributed by atoms with Crippen molar-refractivity contribution in [3.63, 3.8) is 0 Å². The van der Waals surface area contributed by atoms with Gasteiger partial charge in [0.25, 0.3) is 0 Å². The molecule has 6 rings (SSSR count). The molecule has 4 aliphatic carbocycles. The maximum absolute atomic E-state index is 3.83. The van der Waals surface area contributed by atoms with E-state index < -0.39 is 0 Å². The highest BCUT2D eigenvalue weighted by atomic mass is 15.1. The Morgan fingerprint density at radius 3 is 2.49 bits per heavy atom. The van der Waals surface area contributed by atoms with E-state index >= 15 is 0 Å². The first kappa shape index (κ1) is 32.1. The Bertz CT molecular complexity index is 1790. The van der Waals surface area contributed by atoms with Gasteiger partial charge >= 0.3 is 0 Å². The zero-order chi connectivity index (χ0) is 32.1. The van der Waals surface area contributed by atoms with Gasteiger partial charge in [0.05, 0.1) is 0 Å². The molecule has 0 atom stereocenters. The van der Waals surface area contributed by atoms with Crippen molar-refractivity contribution < 1.29 is 0 Å². The Hall–Kier alpha value is -4.88. The van der Waals surface area contributed by atoms with Gasteiger partial charge in [-0.2, -0.15) is 0 Å². The van der Waals surface area contributed by atoms with Crippen molar-refractivity contribution in [1.29, 1.82) is 0 Å². The van der Waals surface area contributed by atoms with E-state index in [1.54, 1.807) is 0 Å². The van der Waals surface area contributed by atoms with E-state index in [9.17, 15) is 0 Å². The van der Waals surface area contributed by atoms with Crippen LogP contribution >= 0.6 is 0 Å². The van der Waals surface area contributed by atoms with Gasteiger partial charge in [-0.15, -0.1) is 0 Å². The van der Waals surface area contributed by atoms with E-state index in [2.05, 4.69) is 151 Å². The van der Waals surface area contributed by atoms with Gasteiger partial charge in [0.1, 0.15) is 0 Å². The topological polar surface area (TPSA) is 3.24 Å². The number of hydrogen-bond donors (Lipinski definition) is 0. The highest BCUT2D eigenvalue weighted by Crippen LogP contribution is 2.38. The van der Waals surface area contributed by atoms with Gasteiger partial charge in [-0.1, -0.05) is 134 Å². The molecule has 0 bridgehead atoms. The lowest BCUT2D eigenvalue weighted by molar-refractivity contribution is 0.886. The normalized spacial score (nSPS) is 20.6. The van der Waals surface area contributed by atoms with Crippen LogP contribution in [0.25, 0.3) is 22.3 Å². The molecule has 0 aliphatic heterocycles. The fourth-order valence-corrected chi connectivity index (χ4v) is 6.77. The summed E-state index contributed by atoms with van der Waals surface area (Å²) >= 11 is 0. The highest BCUT2D eigenvalue weighted by molar-refractivity contribution is 5.86. The Morgan fingerprint density at radius 2 is 1.60 bits per heavy atom. The van der Waals surface area contributed by atoms with Crippen molar-refractivity contribution in [2.24, 2.45) is 0 Å². The lowest BCUT2D eigenvalue weighted by Gasteiger charge is -2.29. The van der Waals surface area contributed by atoms with Crippen LogP contribution in [0.15, 0.2) is 175 Å². The second kappa shape index (κ2) is 16.6. The molecule has 0 spiro atoms. The van der Waals surface area contributed by atoms with Gasteiger partial charge in [-0.3, -0.25) is 0 Å². The van der Waals surface area contributed by atoms with E-state index in [0.29, 0.717) is 0 Å². The quantitative estimate of drug-likeness (QED) is 0.254. The summed E-state index contributed by atoms with van der Waals surface area (Å²) in [5, 5.41) is 0. The van der Waals surface area contributed by atoms with Crippen LogP contribution in [0, 0.1) is 0 Å². The molecule has 2 aromatic carbocycles. The number of benzene rings is 2. The van der Waals surface area contributed by atoms with Crippen LogP contribution in [-0.4, -0.2) is 6.54 Å². The molecule has 1 nitrogen and oxygen atoms in total. The van der Waals surface area contributed by atoms with E-state index in [-0.39, 0.29) is 0 Å². The maximum Gasteiger partial charge on any atom is 0.0417 e. The summed E-state index contributed by atoms with van der Waals surface area (Å²) in [6.07, 6.45) is 49.9. The van der Waals surface area contributed by atoms with Gasteiger partial charge in [-0.25, -0.2) is 0 Å². The molecule has 0 aromatic heterocycles. The summed E-state index contributed by atoms with van der Waals surface area (Å²) in [6.45, 7) is 4.61. The Labute approximate surface area is 282 Å². The highest BCUT2D eigenvalue weighted by Gasteiger charge is 2.18. The second-order valence-electron chi connectivity index (χ2n) is 12.5. The first-order valence-corrected chi connectivity index (χ1v) is 17.4. The molecular formula is C46H47N. The Kier molecular flexibility index (Phi) is 11.3. The van der Waals surface area contributed by atoms with E-state index in [4.69, 9.17) is 0 Å². The summed E-state index contributed by atoms with van der Waals surface area (Å²) in [5.74, 6) is 0. The minimum Gasteiger partial charge on any atom is -0.341 e. The fraction of sp³-hybridized carbons (Fsp3) is 0.217. The van der Waals surface area contributed by atoms with Crippen molar-refractivity contribution in [1.82, 2.24) is 0 Å². The van der Waals surface area contributed by atoms with Crippen LogP contribution in [0.5, 0.6) is 0 Å². The third-order valence-corrected chi connectivity index (χ3v) is 9.24. The van der Waals surface area contributed by atoms with Crippen molar-refractivity contribution >= 4 is 16.8 Å². The number of anilines is 1. The molecule has 0 saturated carbocycles. The summed E-state index contributed by atoms with van der Waals surface area (Å²) in [6, 6.07) is 16.3. The first-order chi connectivity index (χ1) is 23.3. The molecule has 4 aliphatic rings. The predicted molar refractivity (Wildman–Crippen MR) is 206 cm³/mol. The molecule has 0 radical (unpaired) electrons. The van der Waals surface area contributed by atoms with Crippen LogP contribution in [0.1, 0.15) is 68.9 Å². The molecule has 0 N–H and O–H groups in total. The summed E-state index contributed by atoms with van der Waals surface area (Å²) in [4.78, 5) is 2.52. The van der Waals surface area contributed by atoms with Crippen molar-refractivity contribution in [3.8, 4) is 11.1 Å². The van der Waals surface area contributed by atoms with E-state index in [1.807, 2.05) is 12.2 Å². The largest absolute Gasteiger partial charge is 0.341 e. The van der Waals surface area contributed by atoms with E-state index in [1.165, 1.54) is 62.4 Å². The van der Waals surface area contributed by atoms with Crippen LogP contribution in [0.4, 0.5) is 5.69 Å². The average Bonchev–Trinajstić information content (AvgIpc) is 3.42. The minimum atomic E-state index is 0.781.